The van der Waals surface area contributed by atoms with E-state index in [9.17, 15) is 0 Å². The Balaban J connectivity index is -0.000000110. The van der Waals surface area contributed by atoms with Gasteiger partial charge in [0.05, 0.1) is 11.0 Å². The minimum atomic E-state index is 0. The van der Waals surface area contributed by atoms with Gasteiger partial charge in [0.15, 0.2) is 0 Å². The Morgan fingerprint density at radius 3 is 1.25 bits per heavy atom. The molecule has 0 amide bonds. The minimum Gasteiger partial charge on any atom is -0.254 e. The van der Waals surface area contributed by atoms with Crippen LogP contribution >= 0.6 is 0 Å². The molecule has 0 aliphatic rings. The Morgan fingerprint density at radius 1 is 0.667 bits per heavy atom. The van der Waals surface area contributed by atoms with E-state index in [4.69, 9.17) is 24.7 Å². The molecular formula is C12H19KN2O8V. The van der Waals surface area contributed by atoms with Crippen LogP contribution in [0.5, 0.6) is 0 Å². The molecule has 24 heavy (non-hydrogen) atoms. The van der Waals surface area contributed by atoms with Gasteiger partial charge in [-0.05, 0) is 12.1 Å². The third-order valence-corrected chi connectivity index (χ3v) is 2.34. The molecule has 10 N–H and O–H groups in total. The molecule has 0 saturated carbocycles. The molecule has 10 nitrogen and oxygen atoms in total. The predicted molar refractivity (Wildman–Crippen MR) is 86.2 cm³/mol. The summed E-state index contributed by atoms with van der Waals surface area (Å²) in [6.45, 7) is 0. The zero-order valence-corrected chi connectivity index (χ0v) is 13.1. The van der Waals surface area contributed by atoms with Crippen molar-refractivity contribution in [3.63, 3.8) is 0 Å². The van der Waals surface area contributed by atoms with E-state index in [1.54, 1.807) is 12.4 Å². The summed E-state index contributed by atoms with van der Waals surface area (Å²) >= 11 is 1.06. The van der Waals surface area contributed by atoms with Crippen molar-refractivity contribution in [2.45, 2.75) is 0 Å². The van der Waals surface area contributed by atoms with Crippen LogP contribution in [0.15, 0.2) is 48.8 Å². The molecule has 1 aromatic carbocycles. The van der Waals surface area contributed by atoms with Crippen LogP contribution in [0.2, 0.25) is 0 Å². The molecule has 131 valence electrons. The molecule has 0 unspecified atom stereocenters. The molecular weight excluding hydrogens is 390 g/mol. The normalized spacial score (nSPS) is 6.96. The molecule has 2 aromatic heterocycles. The number of hydrogen-bond donors (Lipinski definition) is 4. The van der Waals surface area contributed by atoms with E-state index in [1.807, 2.05) is 12.1 Å². The van der Waals surface area contributed by atoms with Crippen LogP contribution in [-0.4, -0.2) is 98.8 Å². The number of pyridine rings is 2. The van der Waals surface area contributed by atoms with Gasteiger partial charge >= 0.3 is 72.4 Å². The molecule has 0 fully saturated rings. The number of benzene rings is 1. The number of fused-ring (bicyclic) bond motifs is 3. The summed E-state index contributed by atoms with van der Waals surface area (Å²) in [6, 6.07) is 12.1. The van der Waals surface area contributed by atoms with Crippen LogP contribution in [0.1, 0.15) is 0 Å². The van der Waals surface area contributed by atoms with Gasteiger partial charge in [-0.2, -0.15) is 0 Å². The first kappa shape index (κ1) is 35.0. The Kier molecular flexibility index (Phi) is 33.2. The zero-order valence-electron chi connectivity index (χ0n) is 11.7. The summed E-state index contributed by atoms with van der Waals surface area (Å²) in [5, 5.41) is 26.3. The van der Waals surface area contributed by atoms with Gasteiger partial charge in [-0.3, -0.25) is 31.0 Å². The van der Waals surface area contributed by atoms with Gasteiger partial charge in [0, 0.05) is 23.2 Å². The Hall–Kier alpha value is -0.219. The number of hydrogen-bond acceptors (Lipinski definition) is 7. The van der Waals surface area contributed by atoms with E-state index in [2.05, 4.69) is 34.2 Å². The maximum atomic E-state index is 8.19. The molecule has 0 aliphatic carbocycles. The topological polar surface area (TPSA) is 218 Å². The second-order valence-corrected chi connectivity index (χ2v) is 3.22. The minimum absolute atomic E-state index is 0. The molecule has 0 saturated heterocycles. The molecule has 0 spiro atoms. The van der Waals surface area contributed by atoms with Crippen molar-refractivity contribution >= 4 is 73.2 Å². The monoisotopic (exact) mass is 409 g/mol. The van der Waals surface area contributed by atoms with E-state index < -0.39 is 0 Å². The first-order valence-electron chi connectivity index (χ1n) is 5.12. The van der Waals surface area contributed by atoms with Gasteiger partial charge in [0.25, 0.3) is 0 Å². The molecule has 3 aromatic rings. The van der Waals surface area contributed by atoms with Crippen LogP contribution in [0.3, 0.4) is 0 Å². The fourth-order valence-electron chi connectivity index (χ4n) is 1.68. The summed E-state index contributed by atoms with van der Waals surface area (Å²) in [4.78, 5) is 8.69. The van der Waals surface area contributed by atoms with E-state index in [0.29, 0.717) is 0 Å². The fraction of sp³-hybridized carbons (Fsp3) is 0. The average molecular weight is 409 g/mol. The molecule has 12 heteroatoms. The van der Waals surface area contributed by atoms with Crippen LogP contribution < -0.4 is 0 Å². The maximum absolute atomic E-state index is 8.19. The molecule has 0 radical (unpaired) electrons. The zero-order chi connectivity index (χ0) is 15.4. The van der Waals surface area contributed by atoms with Crippen LogP contribution in [0, 0.1) is 0 Å². The average Bonchev–Trinajstić information content (AvgIpc) is 2.60. The number of aromatic nitrogens is 2. The molecule has 0 aliphatic heterocycles. The summed E-state index contributed by atoms with van der Waals surface area (Å²) in [6.07, 6.45) is 3.60. The van der Waals surface area contributed by atoms with Gasteiger partial charge in [0.2, 0.25) is 0 Å². The summed E-state index contributed by atoms with van der Waals surface area (Å²) in [5.74, 6) is 0. The van der Waals surface area contributed by atoms with Gasteiger partial charge in [-0.15, -0.1) is 0 Å². The summed E-state index contributed by atoms with van der Waals surface area (Å²) < 4.78 is 8.19. The largest absolute Gasteiger partial charge is 0.254 e. The van der Waals surface area contributed by atoms with Crippen molar-refractivity contribution in [1.82, 2.24) is 9.97 Å². The third kappa shape index (κ3) is 9.93. The summed E-state index contributed by atoms with van der Waals surface area (Å²) in [7, 11) is 0. The standard InChI is InChI=1S/C12H8N2.K.2H2O2.3H2O.O.V.H/c1-3-9-5-6-10-4-2-8-14-12(10)11(9)13-7-1;;2*1-2;;;;;;/h1-8H;;2*1-2H;3*1H2;;;. The fourth-order valence-corrected chi connectivity index (χ4v) is 1.68. The van der Waals surface area contributed by atoms with Gasteiger partial charge < -0.3 is 16.4 Å². The van der Waals surface area contributed by atoms with Crippen molar-refractivity contribution in [1.29, 1.82) is 0 Å². The van der Waals surface area contributed by atoms with Gasteiger partial charge in [-0.1, -0.05) is 24.3 Å². The summed E-state index contributed by atoms with van der Waals surface area (Å²) in [5.41, 5.74) is 1.95. The van der Waals surface area contributed by atoms with Crippen molar-refractivity contribution in [3.8, 4) is 0 Å². The van der Waals surface area contributed by atoms with Crippen molar-refractivity contribution in [2.24, 2.45) is 0 Å². The number of nitrogens with zero attached hydrogens (tertiary/aromatic N) is 2. The Morgan fingerprint density at radius 2 is 0.958 bits per heavy atom. The van der Waals surface area contributed by atoms with Crippen molar-refractivity contribution < 1.29 is 58.5 Å². The Bertz CT molecular complexity index is 595. The van der Waals surface area contributed by atoms with E-state index in [0.717, 1.165) is 39.2 Å². The van der Waals surface area contributed by atoms with E-state index in [-0.39, 0.29) is 67.8 Å². The van der Waals surface area contributed by atoms with Crippen LogP contribution in [-0.2, 0) is 21.0 Å². The van der Waals surface area contributed by atoms with E-state index >= 15 is 0 Å². The molecule has 0 bridgehead atoms. The van der Waals surface area contributed by atoms with Gasteiger partial charge in [-0.25, -0.2) is 0 Å². The predicted octanol–water partition coefficient (Wildman–Crippen LogP) is -0.426. The SMILES string of the molecule is O.O.O.OO.OO.[KH].[O]=[V].c1cnc2c(c1)ccc1cccnc12. The quantitative estimate of drug-likeness (QED) is 0.166. The first-order chi connectivity index (χ1) is 9.95. The van der Waals surface area contributed by atoms with Crippen LogP contribution in [0.25, 0.3) is 21.8 Å². The molecule has 2 heterocycles. The third-order valence-electron chi connectivity index (χ3n) is 2.34. The second kappa shape index (κ2) is 22.8. The first-order valence-corrected chi connectivity index (χ1v) is 5.69. The molecule has 0 atom stereocenters. The second-order valence-electron chi connectivity index (χ2n) is 3.22. The molecule has 3 rings (SSSR count). The Labute approximate surface area is 188 Å². The smallest absolute Gasteiger partial charge is 0.0964 e. The maximum Gasteiger partial charge on any atom is 0.0964 e. The van der Waals surface area contributed by atoms with Crippen molar-refractivity contribution in [2.75, 3.05) is 0 Å². The van der Waals surface area contributed by atoms with Gasteiger partial charge in [0.1, 0.15) is 0 Å². The van der Waals surface area contributed by atoms with Crippen LogP contribution in [0.4, 0.5) is 0 Å². The number of rotatable bonds is 0. The van der Waals surface area contributed by atoms with Crippen molar-refractivity contribution in [3.05, 3.63) is 48.8 Å². The van der Waals surface area contributed by atoms with E-state index in [1.165, 1.54) is 0 Å².